The summed E-state index contributed by atoms with van der Waals surface area (Å²) >= 11 is 0. The molecule has 1 saturated heterocycles. The highest BCUT2D eigenvalue weighted by atomic mass is 32.2. The minimum Gasteiger partial charge on any atom is -0.496 e. The molecular weight excluding hydrogens is 392 g/mol. The summed E-state index contributed by atoms with van der Waals surface area (Å²) in [6.45, 7) is 4.55. The van der Waals surface area contributed by atoms with E-state index in [-0.39, 0.29) is 48.2 Å². The second-order valence-electron chi connectivity index (χ2n) is 7.10. The van der Waals surface area contributed by atoms with E-state index in [1.165, 1.54) is 16.4 Å². The fourth-order valence-corrected chi connectivity index (χ4v) is 5.04. The van der Waals surface area contributed by atoms with Crippen LogP contribution in [0.3, 0.4) is 0 Å². The lowest BCUT2D eigenvalue weighted by Gasteiger charge is -2.34. The molecule has 29 heavy (non-hydrogen) atoms. The number of hydrogen-bond acceptors (Lipinski definition) is 5. The fourth-order valence-electron chi connectivity index (χ4n) is 3.40. The molecule has 0 aromatic heterocycles. The number of benzene rings is 2. The number of hydrogen-bond donors (Lipinski definition) is 1. The molecule has 8 heteroatoms. The summed E-state index contributed by atoms with van der Waals surface area (Å²) in [5.74, 6) is 0.330. The number of nitrogens with one attached hydrogen (secondary N) is 1. The van der Waals surface area contributed by atoms with Gasteiger partial charge in [-0.1, -0.05) is 24.3 Å². The summed E-state index contributed by atoms with van der Waals surface area (Å²) in [4.78, 5) is 12.7. The monoisotopic (exact) mass is 418 g/mol. The maximum Gasteiger partial charge on any atom is 0.251 e. The van der Waals surface area contributed by atoms with Gasteiger partial charge in [0.2, 0.25) is 10.0 Å². The van der Waals surface area contributed by atoms with Crippen molar-refractivity contribution in [2.45, 2.75) is 37.5 Å². The van der Waals surface area contributed by atoms with Crippen LogP contribution in [-0.2, 0) is 21.3 Å². The molecule has 0 saturated carbocycles. The predicted molar refractivity (Wildman–Crippen MR) is 109 cm³/mol. The van der Waals surface area contributed by atoms with Crippen molar-refractivity contribution < 1.29 is 22.7 Å². The highest BCUT2D eigenvalue weighted by Crippen LogP contribution is 2.22. The zero-order valence-electron chi connectivity index (χ0n) is 16.8. The Hall–Kier alpha value is -2.42. The lowest BCUT2D eigenvalue weighted by Crippen LogP contribution is -2.48. The van der Waals surface area contributed by atoms with Gasteiger partial charge in [0, 0.05) is 30.8 Å². The number of ether oxygens (including phenoxy) is 2. The first kappa shape index (κ1) is 21.3. The molecule has 1 fully saturated rings. The number of carbonyl (C=O) groups is 1. The van der Waals surface area contributed by atoms with Gasteiger partial charge >= 0.3 is 0 Å². The third-order valence-corrected chi connectivity index (χ3v) is 6.58. The molecule has 1 heterocycles. The predicted octanol–water partition coefficient (Wildman–Crippen LogP) is 2.42. The first-order valence-corrected chi connectivity index (χ1v) is 10.9. The van der Waals surface area contributed by atoms with Crippen molar-refractivity contribution in [3.63, 3.8) is 0 Å². The molecule has 1 amide bonds. The first-order valence-electron chi connectivity index (χ1n) is 9.47. The lowest BCUT2D eigenvalue weighted by molar-refractivity contribution is -0.0440. The fraction of sp³-hybridized carbons (Fsp3) is 0.381. The smallest absolute Gasteiger partial charge is 0.251 e. The minimum atomic E-state index is -3.71. The van der Waals surface area contributed by atoms with Gasteiger partial charge in [-0.15, -0.1) is 0 Å². The zero-order valence-corrected chi connectivity index (χ0v) is 17.6. The van der Waals surface area contributed by atoms with Crippen molar-refractivity contribution >= 4 is 15.9 Å². The molecule has 0 bridgehead atoms. The maximum atomic E-state index is 13.0. The molecule has 156 valence electrons. The van der Waals surface area contributed by atoms with Gasteiger partial charge in [0.05, 0.1) is 24.2 Å². The Morgan fingerprint density at radius 3 is 2.52 bits per heavy atom. The molecule has 1 N–H and O–H groups in total. The Morgan fingerprint density at radius 2 is 1.83 bits per heavy atom. The SMILES string of the molecule is COc1ccccc1CNC(=O)c1cccc(S(=O)(=O)N2C[C@H](C)O[C@@H](C)C2)c1. The maximum absolute atomic E-state index is 13.0. The molecule has 0 radical (unpaired) electrons. The van der Waals surface area contributed by atoms with Gasteiger partial charge in [0.1, 0.15) is 5.75 Å². The van der Waals surface area contributed by atoms with Gasteiger partial charge in [-0.25, -0.2) is 8.42 Å². The van der Waals surface area contributed by atoms with Crippen LogP contribution in [0.5, 0.6) is 5.75 Å². The highest BCUT2D eigenvalue weighted by Gasteiger charge is 2.32. The lowest BCUT2D eigenvalue weighted by atomic mass is 10.2. The first-order chi connectivity index (χ1) is 13.8. The van der Waals surface area contributed by atoms with Gasteiger partial charge in [-0.05, 0) is 38.1 Å². The molecular formula is C21H26N2O5S. The van der Waals surface area contributed by atoms with E-state index in [0.717, 1.165) is 5.56 Å². The highest BCUT2D eigenvalue weighted by molar-refractivity contribution is 7.89. The van der Waals surface area contributed by atoms with Gasteiger partial charge in [-0.3, -0.25) is 4.79 Å². The average molecular weight is 419 g/mol. The number of rotatable bonds is 6. The van der Waals surface area contributed by atoms with E-state index in [0.29, 0.717) is 5.75 Å². The molecule has 1 aliphatic heterocycles. The third-order valence-electron chi connectivity index (χ3n) is 4.75. The number of sulfonamides is 1. The second-order valence-corrected chi connectivity index (χ2v) is 9.04. The van der Waals surface area contributed by atoms with Crippen LogP contribution in [0.2, 0.25) is 0 Å². The van der Waals surface area contributed by atoms with Gasteiger partial charge in [0.25, 0.3) is 5.91 Å². The van der Waals surface area contributed by atoms with Crippen LogP contribution in [0.1, 0.15) is 29.8 Å². The largest absolute Gasteiger partial charge is 0.496 e. The number of para-hydroxylation sites is 1. The van der Waals surface area contributed by atoms with Gasteiger partial charge in [0.15, 0.2) is 0 Å². The van der Waals surface area contributed by atoms with E-state index in [9.17, 15) is 13.2 Å². The molecule has 3 rings (SSSR count). The van der Waals surface area contributed by atoms with Crippen LogP contribution in [0.25, 0.3) is 0 Å². The Balaban J connectivity index is 1.75. The van der Waals surface area contributed by atoms with E-state index < -0.39 is 10.0 Å². The van der Waals surface area contributed by atoms with E-state index in [2.05, 4.69) is 5.32 Å². The molecule has 2 atom stereocenters. The number of methoxy groups -OCH3 is 1. The molecule has 7 nitrogen and oxygen atoms in total. The number of carbonyl (C=O) groups excluding carboxylic acids is 1. The minimum absolute atomic E-state index is 0.101. The van der Waals surface area contributed by atoms with Crippen LogP contribution < -0.4 is 10.1 Å². The Labute approximate surface area is 171 Å². The van der Waals surface area contributed by atoms with Crippen LogP contribution in [0.15, 0.2) is 53.4 Å². The van der Waals surface area contributed by atoms with Crippen molar-refractivity contribution in [2.75, 3.05) is 20.2 Å². The summed E-state index contributed by atoms with van der Waals surface area (Å²) in [5, 5.41) is 2.81. The van der Waals surface area contributed by atoms with Gasteiger partial charge < -0.3 is 14.8 Å². The Kier molecular flexibility index (Phi) is 6.56. The summed E-state index contributed by atoms with van der Waals surface area (Å²) in [6, 6.07) is 13.5. The molecule has 0 spiro atoms. The van der Waals surface area contributed by atoms with Crippen molar-refractivity contribution in [1.29, 1.82) is 0 Å². The third kappa shape index (κ3) is 4.95. The van der Waals surface area contributed by atoms with E-state index in [1.807, 2.05) is 38.1 Å². The van der Waals surface area contributed by atoms with Crippen molar-refractivity contribution in [1.82, 2.24) is 9.62 Å². The standard InChI is InChI=1S/C21H26N2O5S/c1-15-13-23(14-16(2)28-15)29(25,26)19-9-6-8-17(11-19)21(24)22-12-18-7-4-5-10-20(18)27-3/h4-11,15-16H,12-14H2,1-3H3,(H,22,24)/t15-,16-/m0/s1. The zero-order chi connectivity index (χ0) is 21.0. The molecule has 0 unspecified atom stereocenters. The average Bonchev–Trinajstić information content (AvgIpc) is 2.71. The van der Waals surface area contributed by atoms with E-state index >= 15 is 0 Å². The topological polar surface area (TPSA) is 84.9 Å². The van der Waals surface area contributed by atoms with Crippen LogP contribution in [-0.4, -0.2) is 51.0 Å². The summed E-state index contributed by atoms with van der Waals surface area (Å²) < 4.78 is 38.4. The summed E-state index contributed by atoms with van der Waals surface area (Å²) in [7, 11) is -2.14. The van der Waals surface area contributed by atoms with Crippen molar-refractivity contribution in [3.8, 4) is 5.75 Å². The number of amides is 1. The van der Waals surface area contributed by atoms with Crippen LogP contribution in [0, 0.1) is 0 Å². The molecule has 0 aliphatic carbocycles. The van der Waals surface area contributed by atoms with E-state index in [4.69, 9.17) is 9.47 Å². The number of nitrogens with zero attached hydrogens (tertiary/aromatic N) is 1. The molecule has 2 aromatic carbocycles. The summed E-state index contributed by atoms with van der Waals surface area (Å²) in [5.41, 5.74) is 1.12. The number of morpholine rings is 1. The van der Waals surface area contributed by atoms with Crippen molar-refractivity contribution in [3.05, 3.63) is 59.7 Å². The van der Waals surface area contributed by atoms with Gasteiger partial charge in [-0.2, -0.15) is 4.31 Å². The molecule has 2 aromatic rings. The Morgan fingerprint density at radius 1 is 1.14 bits per heavy atom. The van der Waals surface area contributed by atoms with Crippen LogP contribution in [0.4, 0.5) is 0 Å². The van der Waals surface area contributed by atoms with Crippen molar-refractivity contribution in [2.24, 2.45) is 0 Å². The Bertz CT molecular complexity index is 967. The summed E-state index contributed by atoms with van der Waals surface area (Å²) in [6.07, 6.45) is -0.360. The quantitative estimate of drug-likeness (QED) is 0.779. The van der Waals surface area contributed by atoms with Crippen LogP contribution >= 0.6 is 0 Å². The van der Waals surface area contributed by atoms with E-state index in [1.54, 1.807) is 19.2 Å². The molecule has 1 aliphatic rings. The normalized spacial score (nSPS) is 20.2. The second kappa shape index (κ2) is 8.94.